The van der Waals surface area contributed by atoms with E-state index in [1.54, 1.807) is 31.2 Å². The van der Waals surface area contributed by atoms with Crippen molar-refractivity contribution in [3.05, 3.63) is 60.2 Å². The minimum Gasteiger partial charge on any atom is -0.479 e. The van der Waals surface area contributed by atoms with Crippen LogP contribution >= 0.6 is 0 Å². The summed E-state index contributed by atoms with van der Waals surface area (Å²) in [6.07, 6.45) is -0.680. The van der Waals surface area contributed by atoms with E-state index in [9.17, 15) is 4.79 Å². The lowest BCUT2D eigenvalue weighted by atomic mass is 10.2. The Labute approximate surface area is 118 Å². The number of rotatable bonds is 5. The van der Waals surface area contributed by atoms with Crippen molar-refractivity contribution >= 4 is 11.7 Å². The molecule has 2 N–H and O–H groups in total. The molecule has 0 fully saturated rings. The van der Waals surface area contributed by atoms with Gasteiger partial charge >= 0.3 is 5.97 Å². The molecular weight excluding hydrogens is 254 g/mol. The van der Waals surface area contributed by atoms with Gasteiger partial charge in [0.1, 0.15) is 12.4 Å². The van der Waals surface area contributed by atoms with E-state index in [4.69, 9.17) is 15.2 Å². The molecule has 2 aromatic carbocycles. The Hall–Kier alpha value is -2.49. The highest BCUT2D eigenvalue weighted by molar-refractivity contribution is 5.74. The Morgan fingerprint density at radius 2 is 1.90 bits per heavy atom. The number of carbonyl (C=O) groups is 1. The molecule has 4 heteroatoms. The van der Waals surface area contributed by atoms with E-state index in [1.807, 2.05) is 30.3 Å². The second kappa shape index (κ2) is 6.61. The molecule has 104 valence electrons. The predicted octanol–water partition coefficient (Wildman–Crippen LogP) is 2.78. The Kier molecular flexibility index (Phi) is 4.60. The highest BCUT2D eigenvalue weighted by Gasteiger charge is 2.16. The van der Waals surface area contributed by atoms with E-state index in [-0.39, 0.29) is 6.61 Å². The largest absolute Gasteiger partial charge is 0.479 e. The van der Waals surface area contributed by atoms with E-state index in [0.29, 0.717) is 11.4 Å². The van der Waals surface area contributed by atoms with E-state index >= 15 is 0 Å². The molecule has 0 aromatic heterocycles. The van der Waals surface area contributed by atoms with Gasteiger partial charge in [0.15, 0.2) is 6.10 Å². The molecule has 2 aromatic rings. The lowest BCUT2D eigenvalue weighted by Gasteiger charge is -2.14. The highest BCUT2D eigenvalue weighted by Crippen LogP contribution is 2.16. The van der Waals surface area contributed by atoms with Crippen molar-refractivity contribution in [2.75, 3.05) is 5.73 Å². The summed E-state index contributed by atoms with van der Waals surface area (Å²) in [4.78, 5) is 11.8. The minimum atomic E-state index is -0.680. The van der Waals surface area contributed by atoms with Crippen LogP contribution in [-0.2, 0) is 16.1 Å². The van der Waals surface area contributed by atoms with Crippen molar-refractivity contribution in [2.45, 2.75) is 19.6 Å². The van der Waals surface area contributed by atoms with Gasteiger partial charge in [0.2, 0.25) is 0 Å². The standard InChI is InChI=1S/C16H17NO3/c1-12(20-15-9-5-8-14(17)10-15)16(18)19-11-13-6-3-2-4-7-13/h2-10,12H,11,17H2,1H3. The van der Waals surface area contributed by atoms with Crippen LogP contribution < -0.4 is 10.5 Å². The van der Waals surface area contributed by atoms with Crippen LogP contribution in [0.15, 0.2) is 54.6 Å². The summed E-state index contributed by atoms with van der Waals surface area (Å²) in [6, 6.07) is 16.5. The summed E-state index contributed by atoms with van der Waals surface area (Å²) in [5.74, 6) is 0.144. The Morgan fingerprint density at radius 1 is 1.15 bits per heavy atom. The van der Waals surface area contributed by atoms with Crippen molar-refractivity contribution in [1.29, 1.82) is 0 Å². The maximum Gasteiger partial charge on any atom is 0.347 e. The van der Waals surface area contributed by atoms with E-state index < -0.39 is 12.1 Å². The number of anilines is 1. The number of nitrogen functional groups attached to an aromatic ring is 1. The van der Waals surface area contributed by atoms with E-state index in [0.717, 1.165) is 5.56 Å². The minimum absolute atomic E-state index is 0.240. The normalized spacial score (nSPS) is 11.7. The second-order valence-electron chi connectivity index (χ2n) is 4.43. The number of nitrogens with two attached hydrogens (primary N) is 1. The molecule has 0 radical (unpaired) electrons. The summed E-state index contributed by atoms with van der Waals surface area (Å²) in [5, 5.41) is 0. The van der Waals surface area contributed by atoms with Gasteiger partial charge in [-0.3, -0.25) is 0 Å². The van der Waals surface area contributed by atoms with Crippen molar-refractivity contribution in [2.24, 2.45) is 0 Å². The molecule has 0 spiro atoms. The number of esters is 1. The third kappa shape index (κ3) is 4.02. The van der Waals surface area contributed by atoms with Crippen molar-refractivity contribution in [3.63, 3.8) is 0 Å². The molecule has 0 saturated heterocycles. The summed E-state index contributed by atoms with van der Waals surface area (Å²) in [7, 11) is 0. The molecule has 0 bridgehead atoms. The average Bonchev–Trinajstić information content (AvgIpc) is 2.46. The number of hydrogen-bond acceptors (Lipinski definition) is 4. The molecule has 1 unspecified atom stereocenters. The molecular formula is C16H17NO3. The van der Waals surface area contributed by atoms with Crippen LogP contribution in [0.25, 0.3) is 0 Å². The van der Waals surface area contributed by atoms with E-state index in [2.05, 4.69) is 0 Å². The molecule has 2 rings (SSSR count). The molecule has 4 nitrogen and oxygen atoms in total. The zero-order valence-electron chi connectivity index (χ0n) is 11.3. The van der Waals surface area contributed by atoms with Crippen LogP contribution in [0.1, 0.15) is 12.5 Å². The first-order valence-electron chi connectivity index (χ1n) is 6.38. The van der Waals surface area contributed by atoms with Crippen molar-refractivity contribution in [3.8, 4) is 5.75 Å². The smallest absolute Gasteiger partial charge is 0.347 e. The molecule has 0 heterocycles. The van der Waals surface area contributed by atoms with Crippen LogP contribution in [0.2, 0.25) is 0 Å². The highest BCUT2D eigenvalue weighted by atomic mass is 16.6. The maximum atomic E-state index is 11.8. The molecule has 0 aliphatic rings. The van der Waals surface area contributed by atoms with Gasteiger partial charge in [-0.1, -0.05) is 36.4 Å². The monoisotopic (exact) mass is 271 g/mol. The molecule has 0 saturated carbocycles. The lowest BCUT2D eigenvalue weighted by molar-refractivity contribution is -0.152. The number of hydrogen-bond donors (Lipinski definition) is 1. The van der Waals surface area contributed by atoms with Gasteiger partial charge < -0.3 is 15.2 Å². The summed E-state index contributed by atoms with van der Waals surface area (Å²) >= 11 is 0. The SMILES string of the molecule is CC(Oc1cccc(N)c1)C(=O)OCc1ccccc1. The van der Waals surface area contributed by atoms with Crippen LogP contribution in [0.5, 0.6) is 5.75 Å². The van der Waals surface area contributed by atoms with Gasteiger partial charge in [-0.05, 0) is 24.6 Å². The number of ether oxygens (including phenoxy) is 2. The predicted molar refractivity (Wildman–Crippen MR) is 77.2 cm³/mol. The van der Waals surface area contributed by atoms with Crippen LogP contribution in [-0.4, -0.2) is 12.1 Å². The fraction of sp³-hybridized carbons (Fsp3) is 0.188. The first kappa shape index (κ1) is 13.9. The summed E-state index contributed by atoms with van der Waals surface area (Å²) in [5.41, 5.74) is 7.18. The molecule has 0 aliphatic carbocycles. The first-order chi connectivity index (χ1) is 9.65. The third-order valence-electron chi connectivity index (χ3n) is 2.73. The Morgan fingerprint density at radius 3 is 2.60 bits per heavy atom. The van der Waals surface area contributed by atoms with Gasteiger partial charge in [-0.15, -0.1) is 0 Å². The third-order valence-corrected chi connectivity index (χ3v) is 2.73. The molecule has 0 amide bonds. The van der Waals surface area contributed by atoms with Crippen LogP contribution in [0.4, 0.5) is 5.69 Å². The second-order valence-corrected chi connectivity index (χ2v) is 4.43. The van der Waals surface area contributed by atoms with Gasteiger partial charge in [-0.25, -0.2) is 4.79 Å². The Balaban J connectivity index is 1.86. The van der Waals surface area contributed by atoms with Gasteiger partial charge in [-0.2, -0.15) is 0 Å². The fourth-order valence-corrected chi connectivity index (χ4v) is 1.69. The van der Waals surface area contributed by atoms with E-state index in [1.165, 1.54) is 0 Å². The molecule has 20 heavy (non-hydrogen) atoms. The van der Waals surface area contributed by atoms with Crippen molar-refractivity contribution in [1.82, 2.24) is 0 Å². The van der Waals surface area contributed by atoms with Crippen LogP contribution in [0, 0.1) is 0 Å². The molecule has 0 aliphatic heterocycles. The lowest BCUT2D eigenvalue weighted by Crippen LogP contribution is -2.26. The fourth-order valence-electron chi connectivity index (χ4n) is 1.69. The van der Waals surface area contributed by atoms with Gasteiger partial charge in [0, 0.05) is 11.8 Å². The number of benzene rings is 2. The summed E-state index contributed by atoms with van der Waals surface area (Å²) in [6.45, 7) is 1.89. The zero-order valence-corrected chi connectivity index (χ0v) is 11.3. The topological polar surface area (TPSA) is 61.5 Å². The first-order valence-corrected chi connectivity index (χ1v) is 6.38. The van der Waals surface area contributed by atoms with Gasteiger partial charge in [0.25, 0.3) is 0 Å². The molecule has 1 atom stereocenters. The quantitative estimate of drug-likeness (QED) is 0.671. The van der Waals surface area contributed by atoms with Crippen LogP contribution in [0.3, 0.4) is 0 Å². The van der Waals surface area contributed by atoms with Crippen molar-refractivity contribution < 1.29 is 14.3 Å². The summed E-state index contributed by atoms with van der Waals surface area (Å²) < 4.78 is 10.7. The average molecular weight is 271 g/mol. The Bertz CT molecular complexity index is 569. The zero-order chi connectivity index (χ0) is 14.4. The number of carbonyl (C=O) groups excluding carboxylic acids is 1. The maximum absolute atomic E-state index is 11.8. The van der Waals surface area contributed by atoms with Gasteiger partial charge in [0.05, 0.1) is 0 Å².